The highest BCUT2D eigenvalue weighted by molar-refractivity contribution is 5.92. The van der Waals surface area contributed by atoms with E-state index in [0.29, 0.717) is 35.4 Å². The molecule has 31 heavy (non-hydrogen) atoms. The van der Waals surface area contributed by atoms with Crippen molar-refractivity contribution < 1.29 is 13.2 Å². The van der Waals surface area contributed by atoms with Crippen molar-refractivity contribution >= 4 is 28.2 Å². The van der Waals surface area contributed by atoms with Crippen LogP contribution in [0.4, 0.5) is 30.5 Å². The zero-order chi connectivity index (χ0) is 21.5. The predicted molar refractivity (Wildman–Crippen MR) is 114 cm³/mol. The molecule has 1 fully saturated rings. The SMILES string of the molecule is CN1Cc2cc(F)c(Nc3ncc4cc(C(F)F)cc(N5CCNCC5)c4n3)cc2C1. The van der Waals surface area contributed by atoms with Crippen molar-refractivity contribution in [3.63, 3.8) is 0 Å². The molecule has 0 unspecified atom stereocenters. The van der Waals surface area contributed by atoms with Gasteiger partial charge in [-0.3, -0.25) is 4.90 Å². The molecule has 0 aliphatic carbocycles. The van der Waals surface area contributed by atoms with E-state index in [2.05, 4.69) is 25.5 Å². The third kappa shape index (κ3) is 3.90. The molecule has 0 amide bonds. The van der Waals surface area contributed by atoms with Gasteiger partial charge in [0.2, 0.25) is 5.95 Å². The Bertz CT molecular complexity index is 1130. The molecule has 2 N–H and O–H groups in total. The second-order valence-electron chi connectivity index (χ2n) is 8.11. The van der Waals surface area contributed by atoms with Crippen LogP contribution >= 0.6 is 0 Å². The normalized spacial score (nSPS) is 16.9. The Morgan fingerprint density at radius 2 is 1.81 bits per heavy atom. The monoisotopic (exact) mass is 428 g/mol. The molecule has 2 aliphatic heterocycles. The second kappa shape index (κ2) is 7.97. The first-order valence-electron chi connectivity index (χ1n) is 10.3. The number of hydrogen-bond acceptors (Lipinski definition) is 6. The van der Waals surface area contributed by atoms with E-state index in [0.717, 1.165) is 37.3 Å². The van der Waals surface area contributed by atoms with E-state index >= 15 is 0 Å². The Labute approximate surface area is 178 Å². The van der Waals surface area contributed by atoms with E-state index in [1.54, 1.807) is 12.1 Å². The highest BCUT2D eigenvalue weighted by atomic mass is 19.3. The molecule has 6 nitrogen and oxygen atoms in total. The van der Waals surface area contributed by atoms with Crippen LogP contribution in [0, 0.1) is 5.82 Å². The zero-order valence-corrected chi connectivity index (χ0v) is 17.1. The van der Waals surface area contributed by atoms with E-state index in [4.69, 9.17) is 0 Å². The summed E-state index contributed by atoms with van der Waals surface area (Å²) in [6, 6.07) is 6.25. The fourth-order valence-corrected chi connectivity index (χ4v) is 4.29. The first-order valence-corrected chi connectivity index (χ1v) is 10.3. The molecule has 0 radical (unpaired) electrons. The first kappa shape index (κ1) is 20.0. The summed E-state index contributed by atoms with van der Waals surface area (Å²) < 4.78 is 41.6. The summed E-state index contributed by atoms with van der Waals surface area (Å²) in [6.07, 6.45) is -1.07. The van der Waals surface area contributed by atoms with Crippen LogP contribution in [0.5, 0.6) is 0 Å². The van der Waals surface area contributed by atoms with Crippen LogP contribution in [0.3, 0.4) is 0 Å². The van der Waals surface area contributed by atoms with E-state index < -0.39 is 6.43 Å². The first-order chi connectivity index (χ1) is 15.0. The van der Waals surface area contributed by atoms with E-state index in [1.165, 1.54) is 18.3 Å². The van der Waals surface area contributed by atoms with Gasteiger partial charge in [0, 0.05) is 56.4 Å². The molecule has 5 rings (SSSR count). The number of fused-ring (bicyclic) bond motifs is 2. The summed E-state index contributed by atoms with van der Waals surface area (Å²) in [5, 5.41) is 6.78. The summed E-state index contributed by atoms with van der Waals surface area (Å²) in [6.45, 7) is 4.41. The molecule has 0 spiro atoms. The number of rotatable bonds is 4. The van der Waals surface area contributed by atoms with Crippen molar-refractivity contribution in [3.8, 4) is 0 Å². The van der Waals surface area contributed by atoms with Crippen LogP contribution in [-0.2, 0) is 13.1 Å². The average Bonchev–Trinajstić information content (AvgIpc) is 3.12. The van der Waals surface area contributed by atoms with E-state index in [-0.39, 0.29) is 17.3 Å². The molecule has 1 saturated heterocycles. The summed E-state index contributed by atoms with van der Waals surface area (Å²) >= 11 is 0. The quantitative estimate of drug-likeness (QED) is 0.659. The summed E-state index contributed by atoms with van der Waals surface area (Å²) in [4.78, 5) is 13.0. The topological polar surface area (TPSA) is 56.3 Å². The highest BCUT2D eigenvalue weighted by Gasteiger charge is 2.21. The molecule has 3 aromatic rings. The highest BCUT2D eigenvalue weighted by Crippen LogP contribution is 2.33. The fraction of sp³-hybridized carbons (Fsp3) is 0.364. The van der Waals surface area contributed by atoms with Crippen LogP contribution in [-0.4, -0.2) is 48.1 Å². The Hall–Kier alpha value is -2.91. The number of nitrogens with zero attached hydrogens (tertiary/aromatic N) is 4. The summed E-state index contributed by atoms with van der Waals surface area (Å²) in [5.74, 6) is -0.132. The van der Waals surface area contributed by atoms with Crippen molar-refractivity contribution in [3.05, 3.63) is 53.0 Å². The van der Waals surface area contributed by atoms with Gasteiger partial charge in [-0.05, 0) is 42.4 Å². The van der Waals surface area contributed by atoms with Crippen LogP contribution < -0.4 is 15.5 Å². The molecule has 0 atom stereocenters. The Kier molecular flexibility index (Phi) is 5.15. The van der Waals surface area contributed by atoms with Crippen molar-refractivity contribution in [2.24, 2.45) is 0 Å². The molecule has 1 aromatic heterocycles. The molecule has 0 bridgehead atoms. The summed E-state index contributed by atoms with van der Waals surface area (Å²) in [5.41, 5.74) is 3.52. The Balaban J connectivity index is 1.54. The van der Waals surface area contributed by atoms with Gasteiger partial charge in [0.05, 0.1) is 16.9 Å². The maximum atomic E-state index is 14.6. The number of nitrogens with one attached hydrogen (secondary N) is 2. The lowest BCUT2D eigenvalue weighted by Gasteiger charge is -2.30. The summed E-state index contributed by atoms with van der Waals surface area (Å²) in [7, 11) is 1.99. The van der Waals surface area contributed by atoms with Crippen LogP contribution in [0.15, 0.2) is 30.5 Å². The third-order valence-electron chi connectivity index (χ3n) is 5.81. The molecule has 3 heterocycles. The number of alkyl halides is 2. The van der Waals surface area contributed by atoms with Crippen molar-refractivity contribution in [2.75, 3.05) is 43.4 Å². The van der Waals surface area contributed by atoms with Gasteiger partial charge in [0.25, 0.3) is 6.43 Å². The largest absolute Gasteiger partial charge is 0.367 e. The number of aromatic nitrogens is 2. The van der Waals surface area contributed by atoms with Gasteiger partial charge in [-0.15, -0.1) is 0 Å². The number of piperazine rings is 1. The number of hydrogen-bond donors (Lipinski definition) is 2. The van der Waals surface area contributed by atoms with Crippen molar-refractivity contribution in [1.82, 2.24) is 20.2 Å². The average molecular weight is 428 g/mol. The van der Waals surface area contributed by atoms with E-state index in [9.17, 15) is 13.2 Å². The van der Waals surface area contributed by atoms with Gasteiger partial charge in [0.15, 0.2) is 0 Å². The minimum Gasteiger partial charge on any atom is -0.367 e. The molecular formula is C22H23F3N6. The molecule has 162 valence electrons. The lowest BCUT2D eigenvalue weighted by Crippen LogP contribution is -2.43. The van der Waals surface area contributed by atoms with Crippen molar-refractivity contribution in [1.29, 1.82) is 0 Å². The second-order valence-corrected chi connectivity index (χ2v) is 8.11. The number of anilines is 3. The van der Waals surface area contributed by atoms with Crippen molar-refractivity contribution in [2.45, 2.75) is 19.5 Å². The van der Waals surface area contributed by atoms with Crippen LogP contribution in [0.2, 0.25) is 0 Å². The zero-order valence-electron chi connectivity index (χ0n) is 17.1. The van der Waals surface area contributed by atoms with E-state index in [1.807, 2.05) is 11.9 Å². The van der Waals surface area contributed by atoms with Gasteiger partial charge < -0.3 is 15.5 Å². The molecule has 9 heteroatoms. The minimum absolute atomic E-state index is 0.0564. The smallest absolute Gasteiger partial charge is 0.263 e. The molecule has 0 saturated carbocycles. The molecule has 2 aliphatic rings. The predicted octanol–water partition coefficient (Wildman–Crippen LogP) is 3.81. The third-order valence-corrected chi connectivity index (χ3v) is 5.81. The van der Waals surface area contributed by atoms with Gasteiger partial charge in [-0.1, -0.05) is 0 Å². The fourth-order valence-electron chi connectivity index (χ4n) is 4.29. The maximum absolute atomic E-state index is 14.6. The van der Waals surface area contributed by atoms with Gasteiger partial charge in [-0.25, -0.2) is 23.1 Å². The standard InChI is InChI=1S/C22H23F3N6/c1-30-11-15-7-17(23)18(8-16(15)12-30)28-22-27-10-14-6-13(21(24)25)9-19(20(14)29-22)31-4-2-26-3-5-31/h6-10,21,26H,2-5,11-12H2,1H3,(H,27,28,29). The van der Waals surface area contributed by atoms with Crippen LogP contribution in [0.1, 0.15) is 23.1 Å². The number of halogens is 3. The van der Waals surface area contributed by atoms with Gasteiger partial charge in [0.1, 0.15) is 5.82 Å². The van der Waals surface area contributed by atoms with Crippen LogP contribution in [0.25, 0.3) is 10.9 Å². The Morgan fingerprint density at radius 3 is 2.55 bits per heavy atom. The lowest BCUT2D eigenvalue weighted by atomic mass is 10.1. The minimum atomic E-state index is -2.58. The molecule has 2 aromatic carbocycles. The van der Waals surface area contributed by atoms with Gasteiger partial charge in [-0.2, -0.15) is 0 Å². The number of benzene rings is 2. The lowest BCUT2D eigenvalue weighted by molar-refractivity contribution is 0.151. The Morgan fingerprint density at radius 1 is 1.06 bits per heavy atom. The molecular weight excluding hydrogens is 405 g/mol. The maximum Gasteiger partial charge on any atom is 0.263 e. The van der Waals surface area contributed by atoms with Gasteiger partial charge >= 0.3 is 0 Å².